The summed E-state index contributed by atoms with van der Waals surface area (Å²) in [5.41, 5.74) is 4.01. The highest BCUT2D eigenvalue weighted by atomic mass is 32.2. The van der Waals surface area contributed by atoms with E-state index in [-0.39, 0.29) is 17.2 Å². The number of unbranched alkanes of at least 4 members (excludes halogenated alkanes) is 3. The Balaban J connectivity index is 1.72. The van der Waals surface area contributed by atoms with Crippen LogP contribution in [0.3, 0.4) is 0 Å². The highest BCUT2D eigenvalue weighted by Crippen LogP contribution is 2.42. The SMILES string of the molecule is CCCCCCC(=O)Nc1cccc([C@H]2SCC(=O)N2c2ccc(C(C)C)cc2)c1. The van der Waals surface area contributed by atoms with E-state index < -0.39 is 0 Å². The Bertz CT molecular complexity index is 864. The van der Waals surface area contributed by atoms with Crippen LogP contribution in [0.5, 0.6) is 0 Å². The molecule has 2 aromatic rings. The summed E-state index contributed by atoms with van der Waals surface area (Å²) in [5.74, 6) is 1.10. The zero-order valence-corrected chi connectivity index (χ0v) is 19.0. The number of anilines is 2. The van der Waals surface area contributed by atoms with Crippen molar-refractivity contribution in [3.05, 3.63) is 59.7 Å². The lowest BCUT2D eigenvalue weighted by Crippen LogP contribution is -2.27. The second kappa shape index (κ2) is 10.7. The molecule has 1 N–H and O–H groups in total. The van der Waals surface area contributed by atoms with Gasteiger partial charge < -0.3 is 5.32 Å². The van der Waals surface area contributed by atoms with Crippen LogP contribution in [0.1, 0.15) is 75.3 Å². The highest BCUT2D eigenvalue weighted by Gasteiger charge is 2.34. The second-order valence-corrected chi connectivity index (χ2v) is 9.23. The molecule has 3 rings (SSSR count). The molecule has 0 aliphatic carbocycles. The maximum Gasteiger partial charge on any atom is 0.238 e. The topological polar surface area (TPSA) is 49.4 Å². The van der Waals surface area contributed by atoms with Gasteiger partial charge in [-0.15, -0.1) is 11.8 Å². The second-order valence-electron chi connectivity index (χ2n) is 8.16. The van der Waals surface area contributed by atoms with Gasteiger partial charge in [0.05, 0.1) is 5.75 Å². The van der Waals surface area contributed by atoms with Gasteiger partial charge in [-0.2, -0.15) is 0 Å². The minimum Gasteiger partial charge on any atom is -0.326 e. The van der Waals surface area contributed by atoms with Crippen LogP contribution in [0.15, 0.2) is 48.5 Å². The summed E-state index contributed by atoms with van der Waals surface area (Å²) in [4.78, 5) is 26.8. The molecule has 5 heteroatoms. The Labute approximate surface area is 184 Å². The number of hydrogen-bond acceptors (Lipinski definition) is 3. The van der Waals surface area contributed by atoms with Crippen LogP contribution in [-0.4, -0.2) is 17.6 Å². The summed E-state index contributed by atoms with van der Waals surface area (Å²) in [5, 5.41) is 2.94. The first kappa shape index (κ1) is 22.4. The van der Waals surface area contributed by atoms with Crippen molar-refractivity contribution in [2.24, 2.45) is 0 Å². The van der Waals surface area contributed by atoms with Gasteiger partial charge in [-0.05, 0) is 47.7 Å². The van der Waals surface area contributed by atoms with Gasteiger partial charge in [0.15, 0.2) is 0 Å². The maximum atomic E-state index is 12.6. The van der Waals surface area contributed by atoms with Gasteiger partial charge in [-0.1, -0.05) is 64.3 Å². The number of carbonyl (C=O) groups is 2. The van der Waals surface area contributed by atoms with Crippen molar-refractivity contribution in [2.75, 3.05) is 16.0 Å². The minimum atomic E-state index is -0.0798. The van der Waals surface area contributed by atoms with E-state index in [0.29, 0.717) is 18.1 Å². The van der Waals surface area contributed by atoms with E-state index in [1.807, 2.05) is 41.3 Å². The van der Waals surface area contributed by atoms with Gasteiger partial charge in [0.1, 0.15) is 5.37 Å². The molecule has 0 saturated carbocycles. The summed E-state index contributed by atoms with van der Waals surface area (Å²) in [6.45, 7) is 6.50. The van der Waals surface area contributed by atoms with E-state index in [1.165, 1.54) is 12.0 Å². The number of nitrogens with zero attached hydrogens (tertiary/aromatic N) is 1. The van der Waals surface area contributed by atoms with Crippen LogP contribution in [0, 0.1) is 0 Å². The van der Waals surface area contributed by atoms with Crippen LogP contribution in [0.25, 0.3) is 0 Å². The zero-order chi connectivity index (χ0) is 21.5. The summed E-state index contributed by atoms with van der Waals surface area (Å²) < 4.78 is 0. The third kappa shape index (κ3) is 5.66. The fourth-order valence-corrected chi connectivity index (χ4v) is 4.84. The zero-order valence-electron chi connectivity index (χ0n) is 18.2. The first-order valence-electron chi connectivity index (χ1n) is 10.9. The Morgan fingerprint density at radius 1 is 1.13 bits per heavy atom. The van der Waals surface area contributed by atoms with Crippen molar-refractivity contribution in [3.8, 4) is 0 Å². The molecular formula is C25H32N2O2S. The fraction of sp³-hybridized carbons (Fsp3) is 0.440. The number of nitrogens with one attached hydrogen (secondary N) is 1. The van der Waals surface area contributed by atoms with E-state index in [9.17, 15) is 9.59 Å². The molecule has 0 radical (unpaired) electrons. The first-order valence-corrected chi connectivity index (χ1v) is 12.0. The van der Waals surface area contributed by atoms with Crippen LogP contribution in [0.4, 0.5) is 11.4 Å². The van der Waals surface area contributed by atoms with Gasteiger partial charge in [0.25, 0.3) is 0 Å². The molecule has 1 saturated heterocycles. The van der Waals surface area contributed by atoms with E-state index >= 15 is 0 Å². The van der Waals surface area contributed by atoms with Crippen LogP contribution >= 0.6 is 11.8 Å². The molecule has 160 valence electrons. The van der Waals surface area contributed by atoms with Crippen molar-refractivity contribution in [1.29, 1.82) is 0 Å². The number of hydrogen-bond donors (Lipinski definition) is 1. The molecule has 2 amide bonds. The number of amides is 2. The molecule has 0 unspecified atom stereocenters. The Hall–Kier alpha value is -2.27. The maximum absolute atomic E-state index is 12.6. The number of rotatable bonds is 9. The number of benzene rings is 2. The van der Waals surface area contributed by atoms with Crippen LogP contribution in [0.2, 0.25) is 0 Å². The predicted molar refractivity (Wildman–Crippen MR) is 127 cm³/mol. The van der Waals surface area contributed by atoms with E-state index in [4.69, 9.17) is 0 Å². The van der Waals surface area contributed by atoms with Crippen molar-refractivity contribution < 1.29 is 9.59 Å². The normalized spacial score (nSPS) is 16.3. The summed E-state index contributed by atoms with van der Waals surface area (Å²) in [6.07, 6.45) is 4.90. The van der Waals surface area contributed by atoms with Gasteiger partial charge in [0.2, 0.25) is 11.8 Å². The minimum absolute atomic E-state index is 0.0551. The van der Waals surface area contributed by atoms with Crippen molar-refractivity contribution in [3.63, 3.8) is 0 Å². The largest absolute Gasteiger partial charge is 0.326 e. The van der Waals surface area contributed by atoms with E-state index in [0.717, 1.165) is 36.2 Å². The Morgan fingerprint density at radius 2 is 1.90 bits per heavy atom. The van der Waals surface area contributed by atoms with E-state index in [2.05, 4.69) is 38.2 Å². The van der Waals surface area contributed by atoms with Crippen molar-refractivity contribution in [2.45, 2.75) is 64.2 Å². The smallest absolute Gasteiger partial charge is 0.238 e. The van der Waals surface area contributed by atoms with Gasteiger partial charge in [-0.25, -0.2) is 0 Å². The van der Waals surface area contributed by atoms with Gasteiger partial charge >= 0.3 is 0 Å². The third-order valence-electron chi connectivity index (χ3n) is 5.42. The molecule has 1 fully saturated rings. The summed E-state index contributed by atoms with van der Waals surface area (Å²) >= 11 is 1.63. The third-order valence-corrected chi connectivity index (χ3v) is 6.63. The van der Waals surface area contributed by atoms with E-state index in [1.54, 1.807) is 11.8 Å². The van der Waals surface area contributed by atoms with Gasteiger partial charge in [-0.3, -0.25) is 14.5 Å². The monoisotopic (exact) mass is 424 g/mol. The Morgan fingerprint density at radius 3 is 2.60 bits per heavy atom. The molecule has 1 aliphatic heterocycles. The molecule has 1 atom stereocenters. The fourth-order valence-electron chi connectivity index (χ4n) is 3.68. The lowest BCUT2D eigenvalue weighted by atomic mass is 10.0. The van der Waals surface area contributed by atoms with Crippen LogP contribution in [-0.2, 0) is 9.59 Å². The first-order chi connectivity index (χ1) is 14.5. The predicted octanol–water partition coefficient (Wildman–Crippen LogP) is 6.50. The molecule has 0 bridgehead atoms. The molecule has 4 nitrogen and oxygen atoms in total. The molecule has 1 heterocycles. The number of thioether (sulfide) groups is 1. The summed E-state index contributed by atoms with van der Waals surface area (Å²) in [7, 11) is 0. The standard InChI is InChI=1S/C25H32N2O2S/c1-4-5-6-7-11-23(28)26-21-10-8-9-20(16-21)25-27(24(29)17-30-25)22-14-12-19(13-15-22)18(2)3/h8-10,12-16,18,25H,4-7,11,17H2,1-3H3,(H,26,28)/t25-/m1/s1. The summed E-state index contributed by atoms with van der Waals surface area (Å²) in [6, 6.07) is 16.2. The van der Waals surface area contributed by atoms with Crippen LogP contribution < -0.4 is 10.2 Å². The quantitative estimate of drug-likeness (QED) is 0.468. The van der Waals surface area contributed by atoms with Crippen molar-refractivity contribution >= 4 is 35.0 Å². The van der Waals surface area contributed by atoms with Crippen molar-refractivity contribution in [1.82, 2.24) is 0 Å². The molecule has 30 heavy (non-hydrogen) atoms. The van der Waals surface area contributed by atoms with Gasteiger partial charge in [0, 0.05) is 17.8 Å². The molecule has 2 aromatic carbocycles. The average Bonchev–Trinajstić information content (AvgIpc) is 3.13. The molecule has 0 spiro atoms. The highest BCUT2D eigenvalue weighted by molar-refractivity contribution is 8.00. The molecule has 0 aromatic heterocycles. The Kier molecular flexibility index (Phi) is 7.97. The average molecular weight is 425 g/mol. The molecule has 1 aliphatic rings. The lowest BCUT2D eigenvalue weighted by Gasteiger charge is -2.25. The number of carbonyl (C=O) groups excluding carboxylic acids is 2. The molecular weight excluding hydrogens is 392 g/mol. The lowest BCUT2D eigenvalue weighted by molar-refractivity contribution is -0.117.